The van der Waals surface area contributed by atoms with Crippen molar-refractivity contribution in [1.82, 2.24) is 0 Å². The molecule has 0 unspecified atom stereocenters. The lowest BCUT2D eigenvalue weighted by atomic mass is 10.1. The van der Waals surface area contributed by atoms with Gasteiger partial charge in [-0.15, -0.1) is 0 Å². The number of nitrogen functional groups attached to an aromatic ring is 1. The highest BCUT2D eigenvalue weighted by molar-refractivity contribution is 5.88. The van der Waals surface area contributed by atoms with E-state index in [-0.39, 0.29) is 0 Å². The fourth-order valence-electron chi connectivity index (χ4n) is 1.43. The van der Waals surface area contributed by atoms with E-state index in [9.17, 15) is 17.6 Å². The van der Waals surface area contributed by atoms with Crippen LogP contribution in [0, 0.1) is 23.3 Å². The van der Waals surface area contributed by atoms with Crippen molar-refractivity contribution in [3.05, 3.63) is 35.4 Å². The molecule has 2 aromatic carbocycles. The number of anilines is 1. The SMILES string of the molecule is Nc1c(F)c(F)c2c(F)c(O)ccc2c1F. The van der Waals surface area contributed by atoms with E-state index in [0.717, 1.165) is 12.1 Å². The van der Waals surface area contributed by atoms with Crippen LogP contribution < -0.4 is 5.73 Å². The molecule has 84 valence electrons. The first kappa shape index (κ1) is 10.5. The van der Waals surface area contributed by atoms with Crippen molar-refractivity contribution in [2.75, 3.05) is 5.73 Å². The van der Waals surface area contributed by atoms with Crippen molar-refractivity contribution in [1.29, 1.82) is 0 Å². The molecule has 16 heavy (non-hydrogen) atoms. The number of hydrogen-bond donors (Lipinski definition) is 2. The molecule has 0 saturated carbocycles. The zero-order valence-corrected chi connectivity index (χ0v) is 7.69. The molecule has 0 saturated heterocycles. The zero-order chi connectivity index (χ0) is 12.0. The molecule has 0 amide bonds. The molecule has 0 aliphatic rings. The predicted molar refractivity (Wildman–Crippen MR) is 49.9 cm³/mol. The molecule has 0 aliphatic carbocycles. The number of halogens is 4. The lowest BCUT2D eigenvalue weighted by molar-refractivity contribution is 0.433. The van der Waals surface area contributed by atoms with Gasteiger partial charge in [0, 0.05) is 5.39 Å². The summed E-state index contributed by atoms with van der Waals surface area (Å²) in [5.41, 5.74) is 3.94. The van der Waals surface area contributed by atoms with Gasteiger partial charge in [0.05, 0.1) is 5.39 Å². The van der Waals surface area contributed by atoms with E-state index >= 15 is 0 Å². The van der Waals surface area contributed by atoms with Gasteiger partial charge in [0.15, 0.2) is 29.0 Å². The van der Waals surface area contributed by atoms with Crippen LogP contribution in [0.5, 0.6) is 5.75 Å². The minimum Gasteiger partial charge on any atom is -0.505 e. The molecule has 0 spiro atoms. The Bertz CT molecular complexity index is 597. The third kappa shape index (κ3) is 1.19. The second-order valence-corrected chi connectivity index (χ2v) is 3.18. The Kier molecular flexibility index (Phi) is 2.15. The lowest BCUT2D eigenvalue weighted by Gasteiger charge is -2.07. The topological polar surface area (TPSA) is 46.2 Å². The van der Waals surface area contributed by atoms with E-state index < -0.39 is 45.5 Å². The van der Waals surface area contributed by atoms with Crippen LogP contribution in [0.3, 0.4) is 0 Å². The molecule has 0 heterocycles. The first-order valence-electron chi connectivity index (χ1n) is 4.18. The molecule has 2 aromatic rings. The Hall–Kier alpha value is -1.98. The fraction of sp³-hybridized carbons (Fsp3) is 0. The van der Waals surface area contributed by atoms with Gasteiger partial charge in [0.2, 0.25) is 0 Å². The van der Waals surface area contributed by atoms with Crippen LogP contribution in [0.2, 0.25) is 0 Å². The third-order valence-corrected chi connectivity index (χ3v) is 2.24. The van der Waals surface area contributed by atoms with Crippen molar-refractivity contribution in [2.45, 2.75) is 0 Å². The summed E-state index contributed by atoms with van der Waals surface area (Å²) in [5.74, 6) is -6.87. The number of hydrogen-bond acceptors (Lipinski definition) is 2. The van der Waals surface area contributed by atoms with Crippen molar-refractivity contribution < 1.29 is 22.7 Å². The second-order valence-electron chi connectivity index (χ2n) is 3.18. The quantitative estimate of drug-likeness (QED) is 0.416. The Balaban J connectivity index is 3.09. The standard InChI is InChI=1S/C10H5F4NO/c11-6-3-1-2-4(16)7(12)5(3)8(13)9(14)10(6)15/h1-2,16H,15H2. The Morgan fingerprint density at radius 3 is 2.12 bits per heavy atom. The highest BCUT2D eigenvalue weighted by Gasteiger charge is 2.22. The number of benzene rings is 2. The van der Waals surface area contributed by atoms with E-state index in [4.69, 9.17) is 10.8 Å². The fourth-order valence-corrected chi connectivity index (χ4v) is 1.43. The van der Waals surface area contributed by atoms with Crippen LogP contribution in [-0.4, -0.2) is 5.11 Å². The molecule has 0 fully saturated rings. The van der Waals surface area contributed by atoms with E-state index in [1.54, 1.807) is 0 Å². The van der Waals surface area contributed by atoms with Gasteiger partial charge in [-0.25, -0.2) is 17.6 Å². The summed E-state index contributed by atoms with van der Waals surface area (Å²) in [5, 5.41) is 7.50. The van der Waals surface area contributed by atoms with Gasteiger partial charge >= 0.3 is 0 Å². The van der Waals surface area contributed by atoms with Gasteiger partial charge in [-0.05, 0) is 12.1 Å². The Labute approximate surface area is 86.9 Å². The van der Waals surface area contributed by atoms with Gasteiger partial charge in [-0.2, -0.15) is 0 Å². The highest BCUT2D eigenvalue weighted by Crippen LogP contribution is 2.33. The summed E-state index contributed by atoms with van der Waals surface area (Å²) in [6, 6.07) is 1.75. The monoisotopic (exact) mass is 231 g/mol. The molecule has 2 rings (SSSR count). The van der Waals surface area contributed by atoms with Crippen LogP contribution in [0.4, 0.5) is 23.2 Å². The maximum absolute atomic E-state index is 13.4. The van der Waals surface area contributed by atoms with Gasteiger partial charge in [-0.1, -0.05) is 0 Å². The normalized spacial score (nSPS) is 11.0. The van der Waals surface area contributed by atoms with Gasteiger partial charge in [0.1, 0.15) is 5.69 Å². The third-order valence-electron chi connectivity index (χ3n) is 2.24. The smallest absolute Gasteiger partial charge is 0.185 e. The summed E-state index contributed by atoms with van der Waals surface area (Å²) in [4.78, 5) is 0. The molecular formula is C10H5F4NO. The van der Waals surface area contributed by atoms with E-state index in [1.807, 2.05) is 0 Å². The van der Waals surface area contributed by atoms with E-state index in [2.05, 4.69) is 0 Å². The highest BCUT2D eigenvalue weighted by atomic mass is 19.2. The summed E-state index contributed by atoms with van der Waals surface area (Å²) in [6.07, 6.45) is 0. The second kappa shape index (κ2) is 3.26. The maximum atomic E-state index is 13.4. The van der Waals surface area contributed by atoms with Gasteiger partial charge < -0.3 is 10.8 Å². The van der Waals surface area contributed by atoms with Crippen molar-refractivity contribution in [2.24, 2.45) is 0 Å². The molecule has 0 radical (unpaired) electrons. The average Bonchev–Trinajstić information content (AvgIpc) is 2.27. The average molecular weight is 231 g/mol. The van der Waals surface area contributed by atoms with Crippen LogP contribution in [0.15, 0.2) is 12.1 Å². The van der Waals surface area contributed by atoms with E-state index in [0.29, 0.717) is 0 Å². The number of phenols is 1. The molecular weight excluding hydrogens is 226 g/mol. The predicted octanol–water partition coefficient (Wildman–Crippen LogP) is 2.68. The first-order valence-corrected chi connectivity index (χ1v) is 4.18. The lowest BCUT2D eigenvalue weighted by Crippen LogP contribution is -2.02. The number of fused-ring (bicyclic) bond motifs is 1. The summed E-state index contributed by atoms with van der Waals surface area (Å²) < 4.78 is 53.0. The van der Waals surface area contributed by atoms with Crippen molar-refractivity contribution >= 4 is 16.5 Å². The van der Waals surface area contributed by atoms with Gasteiger partial charge in [-0.3, -0.25) is 0 Å². The Morgan fingerprint density at radius 2 is 1.50 bits per heavy atom. The number of phenolic OH excluding ortho intramolecular Hbond substituents is 1. The van der Waals surface area contributed by atoms with Crippen molar-refractivity contribution in [3.8, 4) is 5.75 Å². The first-order chi connectivity index (χ1) is 7.45. The molecule has 0 bridgehead atoms. The number of nitrogens with two attached hydrogens (primary N) is 1. The van der Waals surface area contributed by atoms with Crippen LogP contribution >= 0.6 is 0 Å². The summed E-state index contributed by atoms with van der Waals surface area (Å²) in [7, 11) is 0. The molecule has 0 aliphatic heterocycles. The van der Waals surface area contributed by atoms with Crippen LogP contribution in [0.1, 0.15) is 0 Å². The minimum absolute atomic E-state index is 0.522. The Morgan fingerprint density at radius 1 is 0.875 bits per heavy atom. The summed E-state index contributed by atoms with van der Waals surface area (Å²) in [6.45, 7) is 0. The minimum atomic E-state index is -1.67. The van der Waals surface area contributed by atoms with Crippen molar-refractivity contribution in [3.63, 3.8) is 0 Å². The van der Waals surface area contributed by atoms with Crippen LogP contribution in [0.25, 0.3) is 10.8 Å². The zero-order valence-electron chi connectivity index (χ0n) is 7.69. The maximum Gasteiger partial charge on any atom is 0.185 e. The molecule has 0 atom stereocenters. The largest absolute Gasteiger partial charge is 0.505 e. The van der Waals surface area contributed by atoms with Crippen LogP contribution in [-0.2, 0) is 0 Å². The van der Waals surface area contributed by atoms with Gasteiger partial charge in [0.25, 0.3) is 0 Å². The van der Waals surface area contributed by atoms with E-state index in [1.165, 1.54) is 0 Å². The summed E-state index contributed by atoms with van der Waals surface area (Å²) >= 11 is 0. The number of aromatic hydroxyl groups is 1. The number of rotatable bonds is 0. The molecule has 2 nitrogen and oxygen atoms in total. The molecule has 3 N–H and O–H groups in total. The molecule has 6 heteroatoms. The molecule has 0 aromatic heterocycles.